The van der Waals surface area contributed by atoms with Crippen LogP contribution in [-0.4, -0.2) is 22.9 Å². The van der Waals surface area contributed by atoms with Gasteiger partial charge in [0, 0.05) is 28.0 Å². The second-order valence-corrected chi connectivity index (χ2v) is 8.71. The van der Waals surface area contributed by atoms with Crippen molar-refractivity contribution in [2.24, 2.45) is 0 Å². The fourth-order valence-corrected chi connectivity index (χ4v) is 4.79. The van der Waals surface area contributed by atoms with E-state index in [-0.39, 0.29) is 5.91 Å². The van der Waals surface area contributed by atoms with E-state index in [9.17, 15) is 10.1 Å². The molecule has 5 rings (SSSR count). The number of aromatic amines is 1. The van der Waals surface area contributed by atoms with Crippen LogP contribution in [0.4, 0.5) is 17.1 Å². The Morgan fingerprint density at radius 1 is 1.03 bits per heavy atom. The van der Waals surface area contributed by atoms with Gasteiger partial charge in [0.25, 0.3) is 0 Å². The first-order valence-electron chi connectivity index (χ1n) is 10.6. The molecule has 0 saturated carbocycles. The number of aromatic nitrogens is 1. The molecule has 2 heterocycles. The third-order valence-corrected chi connectivity index (χ3v) is 6.52. The Labute approximate surface area is 195 Å². The number of nitrogens with one attached hydrogen (secondary N) is 4. The molecule has 0 bridgehead atoms. The highest BCUT2D eigenvalue weighted by molar-refractivity contribution is 8.00. The van der Waals surface area contributed by atoms with Gasteiger partial charge in [-0.3, -0.25) is 10.1 Å². The summed E-state index contributed by atoms with van der Waals surface area (Å²) in [4.78, 5) is 18.8. The first-order valence-corrected chi connectivity index (χ1v) is 11.5. The number of rotatable bonds is 7. The van der Waals surface area contributed by atoms with Crippen LogP contribution >= 0.6 is 11.8 Å². The molecule has 4 aromatic rings. The van der Waals surface area contributed by atoms with E-state index in [4.69, 9.17) is 0 Å². The summed E-state index contributed by atoms with van der Waals surface area (Å²) in [6, 6.07) is 23.9. The Balaban J connectivity index is 1.38. The van der Waals surface area contributed by atoms with Gasteiger partial charge in [-0.25, -0.2) is 0 Å². The van der Waals surface area contributed by atoms with Gasteiger partial charge >= 0.3 is 0 Å². The van der Waals surface area contributed by atoms with Crippen molar-refractivity contribution in [1.29, 1.82) is 5.26 Å². The van der Waals surface area contributed by atoms with Crippen molar-refractivity contribution < 1.29 is 4.79 Å². The quantitative estimate of drug-likeness (QED) is 0.184. The number of amides is 1. The predicted octanol–water partition coefficient (Wildman–Crippen LogP) is 4.69. The molecule has 0 aliphatic carbocycles. The smallest absolute Gasteiger partial charge is 0.237 e. The Morgan fingerprint density at radius 3 is 2.64 bits per heavy atom. The van der Waals surface area contributed by atoms with Crippen LogP contribution in [0.5, 0.6) is 0 Å². The second-order valence-electron chi connectivity index (χ2n) is 7.69. The zero-order chi connectivity index (χ0) is 22.6. The Kier molecular flexibility index (Phi) is 5.79. The zero-order valence-electron chi connectivity index (χ0n) is 17.7. The molecule has 4 N–H and O–H groups in total. The number of carbonyl (C=O) groups excluding carboxylic acids is 1. The SMILES string of the molecule is N#CNC(Nc1ccc2c(c1)N(Cc1ccccc1)C(=O)CS2)Nc1ccc2cc[nH]c2c1. The highest BCUT2D eigenvalue weighted by Crippen LogP contribution is 2.38. The fourth-order valence-electron chi connectivity index (χ4n) is 3.88. The van der Waals surface area contributed by atoms with E-state index in [1.165, 1.54) is 0 Å². The Morgan fingerprint density at radius 2 is 1.82 bits per heavy atom. The summed E-state index contributed by atoms with van der Waals surface area (Å²) in [5.74, 6) is 0.506. The maximum atomic E-state index is 12.7. The number of fused-ring (bicyclic) bond motifs is 2. The minimum absolute atomic E-state index is 0.0811. The monoisotopic (exact) mass is 454 g/mol. The lowest BCUT2D eigenvalue weighted by Crippen LogP contribution is -2.40. The number of thioether (sulfide) groups is 1. The molecule has 0 fully saturated rings. The summed E-state index contributed by atoms with van der Waals surface area (Å²) in [6.45, 7) is 0.519. The number of hydrogen-bond acceptors (Lipinski definition) is 6. The second kappa shape index (κ2) is 9.18. The Hall–Kier alpha value is -4.09. The fraction of sp³-hybridized carbons (Fsp3) is 0.120. The van der Waals surface area contributed by atoms with Crippen LogP contribution in [0.3, 0.4) is 0 Å². The number of anilines is 3. The third kappa shape index (κ3) is 4.59. The molecule has 33 heavy (non-hydrogen) atoms. The third-order valence-electron chi connectivity index (χ3n) is 5.47. The van der Waals surface area contributed by atoms with Crippen molar-refractivity contribution in [1.82, 2.24) is 10.3 Å². The van der Waals surface area contributed by atoms with Crippen LogP contribution in [0, 0.1) is 11.5 Å². The molecule has 0 spiro atoms. The first-order chi connectivity index (χ1) is 16.2. The zero-order valence-corrected chi connectivity index (χ0v) is 18.5. The number of benzene rings is 3. The minimum atomic E-state index is -0.532. The topological polar surface area (TPSA) is 96.0 Å². The van der Waals surface area contributed by atoms with Crippen LogP contribution in [-0.2, 0) is 11.3 Å². The van der Waals surface area contributed by atoms with E-state index in [0.29, 0.717) is 12.3 Å². The van der Waals surface area contributed by atoms with Crippen LogP contribution in [0.1, 0.15) is 5.56 Å². The van der Waals surface area contributed by atoms with Gasteiger partial charge in [0.1, 0.15) is 0 Å². The number of H-pyrrole nitrogens is 1. The van der Waals surface area contributed by atoms with Gasteiger partial charge in [0.05, 0.1) is 18.0 Å². The first kappa shape index (κ1) is 20.8. The molecule has 8 heteroatoms. The van der Waals surface area contributed by atoms with E-state index in [2.05, 4.69) is 20.9 Å². The summed E-state index contributed by atoms with van der Waals surface area (Å²) in [7, 11) is 0. The molecule has 7 nitrogen and oxygen atoms in total. The van der Waals surface area contributed by atoms with Crippen LogP contribution < -0.4 is 20.9 Å². The molecule has 1 amide bonds. The maximum Gasteiger partial charge on any atom is 0.237 e. The molecular weight excluding hydrogens is 432 g/mol. The van der Waals surface area contributed by atoms with E-state index in [1.807, 2.05) is 90.1 Å². The van der Waals surface area contributed by atoms with Gasteiger partial charge in [0.2, 0.25) is 5.91 Å². The predicted molar refractivity (Wildman–Crippen MR) is 133 cm³/mol. The summed E-state index contributed by atoms with van der Waals surface area (Å²) < 4.78 is 0. The summed E-state index contributed by atoms with van der Waals surface area (Å²) >= 11 is 1.55. The highest BCUT2D eigenvalue weighted by atomic mass is 32.2. The van der Waals surface area contributed by atoms with Crippen molar-refractivity contribution in [2.45, 2.75) is 17.7 Å². The molecule has 3 aromatic carbocycles. The van der Waals surface area contributed by atoms with Crippen molar-refractivity contribution >= 4 is 45.6 Å². The average Bonchev–Trinajstić information content (AvgIpc) is 3.30. The van der Waals surface area contributed by atoms with Crippen molar-refractivity contribution in [3.05, 3.63) is 84.6 Å². The van der Waals surface area contributed by atoms with E-state index in [0.717, 1.165) is 38.4 Å². The summed E-state index contributed by atoms with van der Waals surface area (Å²) in [5.41, 5.74) is 4.61. The van der Waals surface area contributed by atoms with Crippen LogP contribution in [0.25, 0.3) is 10.9 Å². The summed E-state index contributed by atoms with van der Waals surface area (Å²) in [5, 5.41) is 19.7. The molecule has 0 saturated heterocycles. The molecular formula is C25H22N6OS. The molecule has 0 radical (unpaired) electrons. The normalized spacial score (nSPS) is 13.8. The number of nitriles is 1. The minimum Gasteiger partial charge on any atom is -0.361 e. The lowest BCUT2D eigenvalue weighted by Gasteiger charge is -2.30. The highest BCUT2D eigenvalue weighted by Gasteiger charge is 2.25. The van der Waals surface area contributed by atoms with Gasteiger partial charge < -0.3 is 20.5 Å². The van der Waals surface area contributed by atoms with Crippen molar-refractivity contribution in [2.75, 3.05) is 21.3 Å². The number of carbonyl (C=O) groups is 1. The van der Waals surface area contributed by atoms with Crippen LogP contribution in [0.2, 0.25) is 0 Å². The number of nitrogens with zero attached hydrogens (tertiary/aromatic N) is 2. The molecule has 1 aromatic heterocycles. The van der Waals surface area contributed by atoms with Gasteiger partial charge in [0.15, 0.2) is 12.5 Å². The molecule has 1 aliphatic rings. The van der Waals surface area contributed by atoms with Crippen molar-refractivity contribution in [3.63, 3.8) is 0 Å². The molecule has 1 unspecified atom stereocenters. The largest absolute Gasteiger partial charge is 0.361 e. The van der Waals surface area contributed by atoms with Gasteiger partial charge in [-0.15, -0.1) is 11.8 Å². The lowest BCUT2D eigenvalue weighted by atomic mass is 10.2. The number of hydrogen-bond donors (Lipinski definition) is 4. The molecule has 164 valence electrons. The van der Waals surface area contributed by atoms with Gasteiger partial charge in [-0.2, -0.15) is 5.26 Å². The summed E-state index contributed by atoms with van der Waals surface area (Å²) in [6.07, 6.45) is 3.36. The molecule has 1 atom stereocenters. The van der Waals surface area contributed by atoms with Crippen molar-refractivity contribution in [3.8, 4) is 6.19 Å². The standard InChI is InChI=1S/C25H22N6OS/c26-16-28-25(29-19-7-6-18-10-11-27-21(18)12-19)30-20-8-9-23-22(13-20)31(24(32)15-33-23)14-17-4-2-1-3-5-17/h1-13,25,27-30H,14-15H2. The average molecular weight is 455 g/mol. The van der Waals surface area contributed by atoms with E-state index in [1.54, 1.807) is 11.8 Å². The molecule has 1 aliphatic heterocycles. The maximum absolute atomic E-state index is 12.7. The van der Waals surface area contributed by atoms with E-state index < -0.39 is 6.29 Å². The van der Waals surface area contributed by atoms with Gasteiger partial charge in [-0.05, 0) is 47.3 Å². The van der Waals surface area contributed by atoms with Crippen LogP contribution in [0.15, 0.2) is 83.9 Å². The Bertz CT molecular complexity index is 1330. The van der Waals surface area contributed by atoms with Gasteiger partial charge in [-0.1, -0.05) is 36.4 Å². The lowest BCUT2D eigenvalue weighted by molar-refractivity contribution is -0.116. The van der Waals surface area contributed by atoms with E-state index >= 15 is 0 Å².